The van der Waals surface area contributed by atoms with Crippen LogP contribution in [-0.2, 0) is 0 Å². The van der Waals surface area contributed by atoms with Gasteiger partial charge in [-0.1, -0.05) is 90.9 Å². The van der Waals surface area contributed by atoms with Crippen LogP contribution in [0.25, 0.3) is 0 Å². The molecule has 1 rings (SSSR count). The van der Waals surface area contributed by atoms with E-state index >= 15 is 0 Å². The monoisotopic (exact) mass is 224 g/mol. The predicted molar refractivity (Wildman–Crippen MR) is 73.7 cm³/mol. The molecule has 0 aliphatic heterocycles. The highest BCUT2D eigenvalue weighted by molar-refractivity contribution is 4.63. The van der Waals surface area contributed by atoms with Gasteiger partial charge in [-0.25, -0.2) is 0 Å². The molecule has 0 heterocycles. The second-order valence-electron chi connectivity index (χ2n) is 6.04. The summed E-state index contributed by atoms with van der Waals surface area (Å²) in [6.45, 7) is 4.80. The number of rotatable bonds is 2. The molecule has 1 fully saturated rings. The van der Waals surface area contributed by atoms with Gasteiger partial charge >= 0.3 is 0 Å². The smallest absolute Gasteiger partial charge is 0.0414 e. The van der Waals surface area contributed by atoms with Gasteiger partial charge in [-0.2, -0.15) is 0 Å². The van der Waals surface area contributed by atoms with Crippen molar-refractivity contribution in [2.75, 3.05) is 0 Å². The first-order valence-electron chi connectivity index (χ1n) is 7.83. The lowest BCUT2D eigenvalue weighted by Crippen LogP contribution is -2.03. The third kappa shape index (κ3) is 6.55. The molecule has 2 unspecified atom stereocenters. The van der Waals surface area contributed by atoms with Crippen molar-refractivity contribution >= 4 is 0 Å². The Morgan fingerprint density at radius 2 is 1.25 bits per heavy atom. The third-order valence-corrected chi connectivity index (χ3v) is 4.32. The molecule has 16 heavy (non-hydrogen) atoms. The van der Waals surface area contributed by atoms with Crippen LogP contribution in [0, 0.1) is 11.8 Å². The summed E-state index contributed by atoms with van der Waals surface area (Å²) in [5, 5.41) is 0. The SMILES string of the molecule is CCCC1CCCCCCC(C)CCCC1. The van der Waals surface area contributed by atoms with Crippen LogP contribution in [-0.4, -0.2) is 0 Å². The van der Waals surface area contributed by atoms with Gasteiger partial charge in [0.2, 0.25) is 0 Å². The summed E-state index contributed by atoms with van der Waals surface area (Å²) >= 11 is 0. The standard InChI is InChI=1S/C16H32/c1-3-10-16-13-7-5-4-6-11-15(2)12-8-9-14-16/h15-16H,3-14H2,1-2H3. The van der Waals surface area contributed by atoms with Crippen LogP contribution in [0.2, 0.25) is 0 Å². The Morgan fingerprint density at radius 3 is 1.88 bits per heavy atom. The molecule has 0 N–H and O–H groups in total. The van der Waals surface area contributed by atoms with Gasteiger partial charge in [0.1, 0.15) is 0 Å². The summed E-state index contributed by atoms with van der Waals surface area (Å²) in [7, 11) is 0. The lowest BCUT2D eigenvalue weighted by Gasteiger charge is -2.18. The first kappa shape index (κ1) is 14.1. The normalized spacial score (nSPS) is 30.4. The lowest BCUT2D eigenvalue weighted by atomic mass is 9.88. The minimum Gasteiger partial charge on any atom is -0.0654 e. The first-order chi connectivity index (χ1) is 7.83. The molecule has 0 radical (unpaired) electrons. The van der Waals surface area contributed by atoms with Crippen LogP contribution >= 0.6 is 0 Å². The average Bonchev–Trinajstić information content (AvgIpc) is 2.26. The van der Waals surface area contributed by atoms with Gasteiger partial charge in [0.15, 0.2) is 0 Å². The molecule has 0 spiro atoms. The molecule has 0 saturated heterocycles. The van der Waals surface area contributed by atoms with Crippen molar-refractivity contribution in [2.45, 2.75) is 90.9 Å². The van der Waals surface area contributed by atoms with E-state index in [0.717, 1.165) is 11.8 Å². The molecule has 1 aliphatic carbocycles. The molecule has 0 amide bonds. The van der Waals surface area contributed by atoms with E-state index in [1.54, 1.807) is 0 Å². The van der Waals surface area contributed by atoms with Gasteiger partial charge in [0.25, 0.3) is 0 Å². The van der Waals surface area contributed by atoms with Gasteiger partial charge in [0.05, 0.1) is 0 Å². The third-order valence-electron chi connectivity index (χ3n) is 4.32. The minimum absolute atomic E-state index is 0.990. The summed E-state index contributed by atoms with van der Waals surface area (Å²) in [6, 6.07) is 0. The maximum atomic E-state index is 2.45. The molecular formula is C16H32. The molecule has 0 aromatic carbocycles. The molecule has 0 aromatic heterocycles. The zero-order chi connectivity index (χ0) is 11.6. The number of hydrogen-bond donors (Lipinski definition) is 0. The first-order valence-corrected chi connectivity index (χ1v) is 7.83. The van der Waals surface area contributed by atoms with Crippen molar-refractivity contribution in [3.8, 4) is 0 Å². The van der Waals surface area contributed by atoms with E-state index in [1.165, 1.54) is 77.0 Å². The second-order valence-corrected chi connectivity index (χ2v) is 6.04. The van der Waals surface area contributed by atoms with Crippen molar-refractivity contribution in [1.82, 2.24) is 0 Å². The quantitative estimate of drug-likeness (QED) is 0.543. The van der Waals surface area contributed by atoms with Crippen molar-refractivity contribution in [2.24, 2.45) is 11.8 Å². The van der Waals surface area contributed by atoms with Crippen molar-refractivity contribution in [3.05, 3.63) is 0 Å². The van der Waals surface area contributed by atoms with E-state index in [1.807, 2.05) is 0 Å². The summed E-state index contributed by atoms with van der Waals surface area (Å²) in [5.41, 5.74) is 0. The van der Waals surface area contributed by atoms with E-state index in [0.29, 0.717) is 0 Å². The molecular weight excluding hydrogens is 192 g/mol. The molecule has 0 bridgehead atoms. The Labute approximate surface area is 103 Å². The zero-order valence-corrected chi connectivity index (χ0v) is 11.6. The van der Waals surface area contributed by atoms with Crippen molar-refractivity contribution in [3.63, 3.8) is 0 Å². The Bertz CT molecular complexity index is 150. The van der Waals surface area contributed by atoms with E-state index in [4.69, 9.17) is 0 Å². The Balaban J connectivity index is 2.26. The Kier molecular flexibility index (Phi) is 7.98. The van der Waals surface area contributed by atoms with E-state index in [2.05, 4.69) is 13.8 Å². The molecule has 96 valence electrons. The van der Waals surface area contributed by atoms with Gasteiger partial charge in [0, 0.05) is 0 Å². The van der Waals surface area contributed by atoms with Gasteiger partial charge in [-0.05, 0) is 11.8 Å². The van der Waals surface area contributed by atoms with E-state index < -0.39 is 0 Å². The summed E-state index contributed by atoms with van der Waals surface area (Å²) in [6.07, 6.45) is 17.8. The van der Waals surface area contributed by atoms with Crippen LogP contribution in [0.4, 0.5) is 0 Å². The van der Waals surface area contributed by atoms with Crippen molar-refractivity contribution < 1.29 is 0 Å². The fourth-order valence-electron chi connectivity index (χ4n) is 3.19. The van der Waals surface area contributed by atoms with Crippen LogP contribution < -0.4 is 0 Å². The molecule has 0 nitrogen and oxygen atoms in total. The molecule has 0 aromatic rings. The van der Waals surface area contributed by atoms with E-state index in [-0.39, 0.29) is 0 Å². The Hall–Kier alpha value is 0. The van der Waals surface area contributed by atoms with Gasteiger partial charge in [-0.15, -0.1) is 0 Å². The molecule has 1 saturated carbocycles. The highest BCUT2D eigenvalue weighted by Gasteiger charge is 2.09. The van der Waals surface area contributed by atoms with Crippen LogP contribution in [0.3, 0.4) is 0 Å². The van der Waals surface area contributed by atoms with Crippen LogP contribution in [0.5, 0.6) is 0 Å². The largest absolute Gasteiger partial charge is 0.0654 e. The average molecular weight is 224 g/mol. The molecule has 1 aliphatic rings. The van der Waals surface area contributed by atoms with Gasteiger partial charge < -0.3 is 0 Å². The van der Waals surface area contributed by atoms with Crippen LogP contribution in [0.1, 0.15) is 90.9 Å². The van der Waals surface area contributed by atoms with Gasteiger partial charge in [-0.3, -0.25) is 0 Å². The van der Waals surface area contributed by atoms with Crippen molar-refractivity contribution in [1.29, 1.82) is 0 Å². The summed E-state index contributed by atoms with van der Waals surface area (Å²) in [5.74, 6) is 2.05. The maximum Gasteiger partial charge on any atom is -0.0414 e. The van der Waals surface area contributed by atoms with E-state index in [9.17, 15) is 0 Å². The predicted octanol–water partition coefficient (Wildman–Crippen LogP) is 5.95. The molecule has 2 atom stereocenters. The summed E-state index contributed by atoms with van der Waals surface area (Å²) < 4.78 is 0. The Morgan fingerprint density at radius 1 is 0.750 bits per heavy atom. The summed E-state index contributed by atoms with van der Waals surface area (Å²) in [4.78, 5) is 0. The molecule has 0 heteroatoms. The van der Waals surface area contributed by atoms with Crippen LogP contribution in [0.15, 0.2) is 0 Å². The fourth-order valence-corrected chi connectivity index (χ4v) is 3.19. The lowest BCUT2D eigenvalue weighted by molar-refractivity contribution is 0.352. The minimum atomic E-state index is 0.990. The maximum absolute atomic E-state index is 2.45. The highest BCUT2D eigenvalue weighted by Crippen LogP contribution is 2.25. The second kappa shape index (κ2) is 9.07. The highest BCUT2D eigenvalue weighted by atomic mass is 14.2. The zero-order valence-electron chi connectivity index (χ0n) is 11.6. The topological polar surface area (TPSA) is 0 Å². The number of hydrogen-bond acceptors (Lipinski definition) is 0. The fraction of sp³-hybridized carbons (Fsp3) is 1.00.